The predicted molar refractivity (Wildman–Crippen MR) is 89.8 cm³/mol. The number of morpholine rings is 1. The molecule has 2 heterocycles. The van der Waals surface area contributed by atoms with Crippen molar-refractivity contribution in [2.24, 2.45) is 0 Å². The van der Waals surface area contributed by atoms with Crippen LogP contribution < -0.4 is 10.1 Å². The third kappa shape index (κ3) is 3.80. The molecule has 1 amide bonds. The van der Waals surface area contributed by atoms with Crippen molar-refractivity contribution in [3.8, 4) is 5.75 Å². The summed E-state index contributed by atoms with van der Waals surface area (Å²) in [6.07, 6.45) is 0. The molecule has 7 nitrogen and oxygen atoms in total. The van der Waals surface area contributed by atoms with Crippen molar-refractivity contribution in [2.45, 2.75) is 6.92 Å². The molecule has 1 aromatic carbocycles. The molecule has 0 saturated carbocycles. The lowest BCUT2D eigenvalue weighted by molar-refractivity contribution is 0.0299. The molecule has 0 aliphatic carbocycles. The zero-order chi connectivity index (χ0) is 16.9. The van der Waals surface area contributed by atoms with Gasteiger partial charge in [-0.05, 0) is 25.1 Å². The Morgan fingerprint density at radius 2 is 2.04 bits per heavy atom. The average molecular weight is 328 g/mol. The van der Waals surface area contributed by atoms with Crippen molar-refractivity contribution in [2.75, 3.05) is 38.7 Å². The van der Waals surface area contributed by atoms with Gasteiger partial charge in [0.15, 0.2) is 0 Å². The van der Waals surface area contributed by atoms with E-state index in [2.05, 4.69) is 15.3 Å². The van der Waals surface area contributed by atoms with E-state index in [-0.39, 0.29) is 5.91 Å². The van der Waals surface area contributed by atoms with Crippen molar-refractivity contribution in [1.82, 2.24) is 14.9 Å². The Hall–Kier alpha value is -2.67. The fraction of sp³-hybridized carbons (Fsp3) is 0.353. The Labute approximate surface area is 140 Å². The van der Waals surface area contributed by atoms with Gasteiger partial charge in [0.1, 0.15) is 11.4 Å². The number of nitrogens with one attached hydrogen (secondary N) is 1. The Morgan fingerprint density at radius 1 is 1.25 bits per heavy atom. The first-order valence-corrected chi connectivity index (χ1v) is 7.79. The molecule has 1 aromatic heterocycles. The first-order valence-electron chi connectivity index (χ1n) is 7.79. The largest absolute Gasteiger partial charge is 0.497 e. The Balaban J connectivity index is 1.81. The summed E-state index contributed by atoms with van der Waals surface area (Å²) < 4.78 is 10.5. The fourth-order valence-electron chi connectivity index (χ4n) is 2.49. The lowest BCUT2D eigenvalue weighted by atomic mass is 10.2. The number of amides is 1. The van der Waals surface area contributed by atoms with Crippen LogP contribution in [0.25, 0.3) is 0 Å². The minimum absolute atomic E-state index is 0.0995. The van der Waals surface area contributed by atoms with Gasteiger partial charge in [0, 0.05) is 30.5 Å². The number of anilines is 2. The number of methoxy groups -OCH3 is 1. The highest BCUT2D eigenvalue weighted by atomic mass is 16.5. The van der Waals surface area contributed by atoms with E-state index >= 15 is 0 Å². The van der Waals surface area contributed by atoms with Gasteiger partial charge in [0.05, 0.1) is 20.3 Å². The molecule has 0 bridgehead atoms. The Kier molecular flexibility index (Phi) is 4.90. The highest BCUT2D eigenvalue weighted by molar-refractivity contribution is 5.92. The minimum atomic E-state index is -0.0995. The van der Waals surface area contributed by atoms with E-state index in [0.717, 1.165) is 17.1 Å². The number of carbonyl (C=O) groups is 1. The average Bonchev–Trinajstić information content (AvgIpc) is 2.61. The van der Waals surface area contributed by atoms with Crippen LogP contribution in [-0.2, 0) is 4.74 Å². The molecule has 1 aliphatic heterocycles. The van der Waals surface area contributed by atoms with Crippen LogP contribution in [0.15, 0.2) is 30.3 Å². The van der Waals surface area contributed by atoms with Crippen molar-refractivity contribution >= 4 is 17.5 Å². The number of aromatic nitrogens is 2. The zero-order valence-electron chi connectivity index (χ0n) is 13.8. The van der Waals surface area contributed by atoms with Gasteiger partial charge in [0.2, 0.25) is 5.95 Å². The Morgan fingerprint density at radius 3 is 2.79 bits per heavy atom. The summed E-state index contributed by atoms with van der Waals surface area (Å²) in [4.78, 5) is 23.1. The van der Waals surface area contributed by atoms with Crippen molar-refractivity contribution < 1.29 is 14.3 Å². The van der Waals surface area contributed by atoms with Gasteiger partial charge in [-0.2, -0.15) is 0 Å². The molecule has 0 radical (unpaired) electrons. The van der Waals surface area contributed by atoms with Gasteiger partial charge in [-0.25, -0.2) is 9.97 Å². The molecule has 3 rings (SSSR count). The molecule has 1 saturated heterocycles. The van der Waals surface area contributed by atoms with Crippen LogP contribution in [-0.4, -0.2) is 54.2 Å². The van der Waals surface area contributed by atoms with Gasteiger partial charge in [-0.1, -0.05) is 6.07 Å². The summed E-state index contributed by atoms with van der Waals surface area (Å²) in [7, 11) is 1.61. The summed E-state index contributed by atoms with van der Waals surface area (Å²) in [6.45, 7) is 4.13. The summed E-state index contributed by atoms with van der Waals surface area (Å²) in [5, 5.41) is 3.12. The van der Waals surface area contributed by atoms with Crippen LogP contribution in [0.5, 0.6) is 5.75 Å². The number of hydrogen-bond acceptors (Lipinski definition) is 6. The molecule has 24 heavy (non-hydrogen) atoms. The van der Waals surface area contributed by atoms with Crippen molar-refractivity contribution in [3.63, 3.8) is 0 Å². The van der Waals surface area contributed by atoms with Crippen LogP contribution in [0, 0.1) is 6.92 Å². The van der Waals surface area contributed by atoms with E-state index in [0.29, 0.717) is 37.9 Å². The SMILES string of the molecule is COc1cccc(Nc2nc(C)cc(C(=O)N3CCOCC3)n2)c1. The smallest absolute Gasteiger partial charge is 0.272 e. The number of rotatable bonds is 4. The molecular weight excluding hydrogens is 308 g/mol. The predicted octanol–water partition coefficient (Wildman–Crippen LogP) is 2.01. The van der Waals surface area contributed by atoms with Crippen LogP contribution in [0.1, 0.15) is 16.2 Å². The number of benzene rings is 1. The van der Waals surface area contributed by atoms with Gasteiger partial charge in [0.25, 0.3) is 5.91 Å². The molecule has 1 N–H and O–H groups in total. The highest BCUT2D eigenvalue weighted by Crippen LogP contribution is 2.20. The maximum atomic E-state index is 12.6. The molecule has 0 unspecified atom stereocenters. The first kappa shape index (κ1) is 16.2. The van der Waals surface area contributed by atoms with Gasteiger partial charge in [-0.3, -0.25) is 4.79 Å². The van der Waals surface area contributed by atoms with E-state index in [1.54, 1.807) is 18.1 Å². The van der Waals surface area contributed by atoms with E-state index < -0.39 is 0 Å². The maximum absolute atomic E-state index is 12.6. The number of hydrogen-bond donors (Lipinski definition) is 1. The van der Waals surface area contributed by atoms with Gasteiger partial charge < -0.3 is 19.7 Å². The standard InChI is InChI=1S/C17H20N4O3/c1-12-10-15(16(22)21-6-8-24-9-7-21)20-17(18-12)19-13-4-3-5-14(11-13)23-2/h3-5,10-11H,6-9H2,1-2H3,(H,18,19,20). The third-order valence-corrected chi connectivity index (χ3v) is 3.70. The summed E-state index contributed by atoms with van der Waals surface area (Å²) in [6, 6.07) is 9.16. The molecule has 1 aliphatic rings. The Bertz CT molecular complexity index is 730. The van der Waals surface area contributed by atoms with Crippen molar-refractivity contribution in [3.05, 3.63) is 41.7 Å². The number of aryl methyl sites for hydroxylation is 1. The second-order valence-electron chi connectivity index (χ2n) is 5.48. The molecule has 1 fully saturated rings. The molecule has 0 spiro atoms. The summed E-state index contributed by atoms with van der Waals surface area (Å²) in [5.74, 6) is 1.02. The minimum Gasteiger partial charge on any atom is -0.497 e. The quantitative estimate of drug-likeness (QED) is 0.925. The zero-order valence-corrected chi connectivity index (χ0v) is 13.8. The normalized spacial score (nSPS) is 14.3. The van der Waals surface area contributed by atoms with E-state index in [9.17, 15) is 4.79 Å². The van der Waals surface area contributed by atoms with E-state index in [4.69, 9.17) is 9.47 Å². The van der Waals surface area contributed by atoms with E-state index in [1.165, 1.54) is 0 Å². The number of carbonyl (C=O) groups excluding carboxylic acids is 1. The van der Waals surface area contributed by atoms with Crippen LogP contribution in [0.2, 0.25) is 0 Å². The van der Waals surface area contributed by atoms with Crippen LogP contribution in [0.4, 0.5) is 11.6 Å². The molecule has 2 aromatic rings. The van der Waals surface area contributed by atoms with Crippen LogP contribution >= 0.6 is 0 Å². The van der Waals surface area contributed by atoms with Crippen LogP contribution in [0.3, 0.4) is 0 Å². The third-order valence-electron chi connectivity index (χ3n) is 3.70. The molecular formula is C17H20N4O3. The number of nitrogens with zero attached hydrogens (tertiary/aromatic N) is 3. The summed E-state index contributed by atoms with van der Waals surface area (Å²) in [5.41, 5.74) is 1.91. The molecule has 0 atom stereocenters. The van der Waals surface area contributed by atoms with Gasteiger partial charge >= 0.3 is 0 Å². The topological polar surface area (TPSA) is 76.6 Å². The molecule has 7 heteroatoms. The fourth-order valence-corrected chi connectivity index (χ4v) is 2.49. The van der Waals surface area contributed by atoms with Crippen molar-refractivity contribution in [1.29, 1.82) is 0 Å². The maximum Gasteiger partial charge on any atom is 0.272 e. The summed E-state index contributed by atoms with van der Waals surface area (Å²) >= 11 is 0. The second-order valence-corrected chi connectivity index (χ2v) is 5.48. The second kappa shape index (κ2) is 7.27. The monoisotopic (exact) mass is 328 g/mol. The highest BCUT2D eigenvalue weighted by Gasteiger charge is 2.20. The lowest BCUT2D eigenvalue weighted by Gasteiger charge is -2.26. The lowest BCUT2D eigenvalue weighted by Crippen LogP contribution is -2.41. The molecule has 126 valence electrons. The first-order chi connectivity index (χ1) is 11.7. The number of ether oxygens (including phenoxy) is 2. The van der Waals surface area contributed by atoms with Gasteiger partial charge in [-0.15, -0.1) is 0 Å². The van der Waals surface area contributed by atoms with E-state index in [1.807, 2.05) is 31.2 Å².